The molecule has 2 N–H and O–H groups in total. The van der Waals surface area contributed by atoms with Crippen LogP contribution in [-0.2, 0) is 14.3 Å². The predicted molar refractivity (Wildman–Crippen MR) is 155 cm³/mol. The van der Waals surface area contributed by atoms with Crippen molar-refractivity contribution in [3.63, 3.8) is 0 Å². The number of benzene rings is 1. The molecule has 3 amide bonds. The first-order chi connectivity index (χ1) is 17.7. The van der Waals surface area contributed by atoms with Crippen LogP contribution >= 0.6 is 0 Å². The molecule has 7 heteroatoms. The Kier molecular flexibility index (Phi) is 13.9. The quantitative estimate of drug-likeness (QED) is 0.265. The fourth-order valence-corrected chi connectivity index (χ4v) is 4.44. The zero-order valence-corrected chi connectivity index (χ0v) is 25.6. The molecule has 1 aromatic carbocycles. The van der Waals surface area contributed by atoms with Gasteiger partial charge in [-0.3, -0.25) is 9.59 Å². The molecule has 38 heavy (non-hydrogen) atoms. The topological polar surface area (TPSA) is 87.7 Å². The molecule has 216 valence electrons. The van der Waals surface area contributed by atoms with Crippen LogP contribution in [0.4, 0.5) is 4.79 Å². The van der Waals surface area contributed by atoms with Gasteiger partial charge in [-0.2, -0.15) is 0 Å². The van der Waals surface area contributed by atoms with Gasteiger partial charge in [-0.15, -0.1) is 0 Å². The summed E-state index contributed by atoms with van der Waals surface area (Å²) in [4.78, 5) is 42.4. The Bertz CT molecular complexity index is 907. The Morgan fingerprint density at radius 3 is 2.11 bits per heavy atom. The fourth-order valence-electron chi connectivity index (χ4n) is 4.44. The Morgan fingerprint density at radius 2 is 1.58 bits per heavy atom. The molecule has 0 spiro atoms. The van der Waals surface area contributed by atoms with Gasteiger partial charge >= 0.3 is 6.09 Å². The van der Waals surface area contributed by atoms with E-state index < -0.39 is 23.8 Å². The number of amides is 3. The molecule has 0 saturated carbocycles. The maximum absolute atomic E-state index is 14.2. The smallest absolute Gasteiger partial charge is 0.408 e. The highest BCUT2D eigenvalue weighted by Crippen LogP contribution is 2.27. The predicted octanol–water partition coefficient (Wildman–Crippen LogP) is 6.61. The number of carbonyl (C=O) groups is 3. The van der Waals surface area contributed by atoms with Gasteiger partial charge in [0.25, 0.3) is 0 Å². The zero-order chi connectivity index (χ0) is 29.0. The molecule has 0 aliphatic heterocycles. The van der Waals surface area contributed by atoms with Gasteiger partial charge in [-0.1, -0.05) is 71.6 Å². The first-order valence-electron chi connectivity index (χ1n) is 14.4. The molecule has 0 radical (unpaired) electrons. The van der Waals surface area contributed by atoms with E-state index in [1.807, 2.05) is 52.8 Å². The summed E-state index contributed by atoms with van der Waals surface area (Å²) in [6.45, 7) is 19.8. The van der Waals surface area contributed by atoms with Crippen LogP contribution in [-0.4, -0.2) is 47.0 Å². The number of rotatable bonds is 14. The Balaban J connectivity index is 3.53. The molecule has 0 aliphatic rings. The summed E-state index contributed by atoms with van der Waals surface area (Å²) in [5.74, 6) is -0.669. The number of aryl methyl sites for hydroxylation is 2. The molecule has 0 aromatic heterocycles. The lowest BCUT2D eigenvalue weighted by molar-refractivity contribution is -0.143. The van der Waals surface area contributed by atoms with E-state index in [0.717, 1.165) is 55.2 Å². The van der Waals surface area contributed by atoms with Gasteiger partial charge in [0, 0.05) is 12.6 Å². The lowest BCUT2D eigenvalue weighted by atomic mass is 9.96. The zero-order valence-electron chi connectivity index (χ0n) is 25.6. The molecule has 7 nitrogen and oxygen atoms in total. The molecule has 1 aromatic rings. The van der Waals surface area contributed by atoms with Crippen molar-refractivity contribution in [2.24, 2.45) is 5.92 Å². The summed E-state index contributed by atoms with van der Waals surface area (Å²) in [7, 11) is 0. The van der Waals surface area contributed by atoms with Crippen LogP contribution in [0.5, 0.6) is 0 Å². The summed E-state index contributed by atoms with van der Waals surface area (Å²) in [6, 6.07) is 4.30. The van der Waals surface area contributed by atoms with Crippen molar-refractivity contribution in [1.82, 2.24) is 15.5 Å². The maximum Gasteiger partial charge on any atom is 0.408 e. The van der Waals surface area contributed by atoms with Crippen LogP contribution in [0.3, 0.4) is 0 Å². The second-order valence-electron chi connectivity index (χ2n) is 11.9. The highest BCUT2D eigenvalue weighted by molar-refractivity contribution is 5.92. The van der Waals surface area contributed by atoms with Crippen molar-refractivity contribution in [2.75, 3.05) is 6.54 Å². The van der Waals surface area contributed by atoms with Gasteiger partial charge in [0.05, 0.1) is 0 Å². The standard InChI is InChI=1S/C31H53N3O4/c1-11-13-14-15-19-34(29(36)26(21(3)4)33-30(37)38-31(8,9)10)27(28(35)32-24(7)16-12-2)25-18-17-22(5)23(6)20-25/h17-18,20-21,24,26-27H,11-16,19H2,1-10H3,(H,32,35)(H,33,37). The van der Waals surface area contributed by atoms with Crippen LogP contribution in [0.25, 0.3) is 0 Å². The monoisotopic (exact) mass is 531 g/mol. The summed E-state index contributed by atoms with van der Waals surface area (Å²) < 4.78 is 5.46. The van der Waals surface area contributed by atoms with Gasteiger partial charge in [0.1, 0.15) is 17.7 Å². The van der Waals surface area contributed by atoms with E-state index in [2.05, 4.69) is 24.5 Å². The highest BCUT2D eigenvalue weighted by atomic mass is 16.6. The molecule has 0 heterocycles. The minimum Gasteiger partial charge on any atom is -0.444 e. The van der Waals surface area contributed by atoms with E-state index in [4.69, 9.17) is 4.74 Å². The largest absolute Gasteiger partial charge is 0.444 e. The van der Waals surface area contributed by atoms with Crippen LogP contribution in [0.2, 0.25) is 0 Å². The van der Waals surface area contributed by atoms with Crippen LogP contribution in [0.1, 0.15) is 117 Å². The van der Waals surface area contributed by atoms with E-state index in [-0.39, 0.29) is 23.8 Å². The highest BCUT2D eigenvalue weighted by Gasteiger charge is 2.37. The molecule has 3 atom stereocenters. The summed E-state index contributed by atoms with van der Waals surface area (Å²) in [5.41, 5.74) is 2.27. The Morgan fingerprint density at radius 1 is 0.921 bits per heavy atom. The minimum absolute atomic E-state index is 0.0145. The van der Waals surface area contributed by atoms with Gasteiger partial charge in [0.15, 0.2) is 0 Å². The van der Waals surface area contributed by atoms with Gasteiger partial charge < -0.3 is 20.3 Å². The Hall–Kier alpha value is -2.57. The van der Waals surface area contributed by atoms with E-state index >= 15 is 0 Å². The van der Waals surface area contributed by atoms with E-state index in [0.29, 0.717) is 6.54 Å². The van der Waals surface area contributed by atoms with Crippen molar-refractivity contribution in [1.29, 1.82) is 0 Å². The molecular formula is C31H53N3O4. The summed E-state index contributed by atoms with van der Waals surface area (Å²) >= 11 is 0. The maximum atomic E-state index is 14.2. The summed E-state index contributed by atoms with van der Waals surface area (Å²) in [6.07, 6.45) is 5.02. The van der Waals surface area contributed by atoms with Crippen molar-refractivity contribution >= 4 is 17.9 Å². The number of alkyl carbamates (subject to hydrolysis) is 1. The third-order valence-electron chi connectivity index (χ3n) is 6.66. The number of nitrogens with zero attached hydrogens (tertiary/aromatic N) is 1. The molecule has 0 saturated heterocycles. The SMILES string of the molecule is CCCCCCN(C(=O)C(NC(=O)OC(C)(C)C)C(C)C)C(C(=O)NC(C)CCC)c1ccc(C)c(C)c1. The van der Waals surface area contributed by atoms with E-state index in [1.165, 1.54) is 0 Å². The van der Waals surface area contributed by atoms with Crippen LogP contribution < -0.4 is 10.6 Å². The van der Waals surface area contributed by atoms with Crippen molar-refractivity contribution in [3.8, 4) is 0 Å². The number of hydrogen-bond acceptors (Lipinski definition) is 4. The normalized spacial score (nSPS) is 14.0. The fraction of sp³-hybridized carbons (Fsp3) is 0.710. The first kappa shape index (κ1) is 33.5. The van der Waals surface area contributed by atoms with E-state index in [9.17, 15) is 14.4 Å². The van der Waals surface area contributed by atoms with Gasteiger partial charge in [-0.25, -0.2) is 4.79 Å². The second kappa shape index (κ2) is 15.7. The third-order valence-corrected chi connectivity index (χ3v) is 6.66. The molecule has 0 bridgehead atoms. The Labute approximate surface area is 231 Å². The molecule has 1 rings (SSSR count). The molecule has 0 aliphatic carbocycles. The average molecular weight is 532 g/mol. The number of ether oxygens (including phenoxy) is 1. The lowest BCUT2D eigenvalue weighted by Gasteiger charge is -2.36. The van der Waals surface area contributed by atoms with Crippen molar-refractivity contribution < 1.29 is 19.1 Å². The lowest BCUT2D eigenvalue weighted by Crippen LogP contribution is -2.55. The number of nitrogens with one attached hydrogen (secondary N) is 2. The van der Waals surface area contributed by atoms with Gasteiger partial charge in [-0.05, 0) is 77.0 Å². The van der Waals surface area contributed by atoms with E-state index in [1.54, 1.807) is 25.7 Å². The average Bonchev–Trinajstić information content (AvgIpc) is 2.79. The minimum atomic E-state index is -0.828. The molecular weight excluding hydrogens is 478 g/mol. The molecule has 0 fully saturated rings. The third kappa shape index (κ3) is 11.0. The number of unbranched alkanes of at least 4 members (excludes halogenated alkanes) is 3. The number of hydrogen-bond donors (Lipinski definition) is 2. The van der Waals surface area contributed by atoms with Crippen molar-refractivity contribution in [2.45, 2.75) is 131 Å². The van der Waals surface area contributed by atoms with Gasteiger partial charge in [0.2, 0.25) is 11.8 Å². The summed E-state index contributed by atoms with van der Waals surface area (Å²) in [5, 5.41) is 5.94. The van der Waals surface area contributed by atoms with Crippen LogP contribution in [0, 0.1) is 19.8 Å². The van der Waals surface area contributed by atoms with Crippen molar-refractivity contribution in [3.05, 3.63) is 34.9 Å². The molecule has 3 unspecified atom stereocenters. The van der Waals surface area contributed by atoms with Crippen LogP contribution in [0.15, 0.2) is 18.2 Å². The second-order valence-corrected chi connectivity index (χ2v) is 11.9. The number of carbonyl (C=O) groups excluding carboxylic acids is 3. The first-order valence-corrected chi connectivity index (χ1v) is 14.4.